The highest BCUT2D eigenvalue weighted by Crippen LogP contribution is 2.38. The monoisotopic (exact) mass is 580 g/mol. The van der Waals surface area contributed by atoms with E-state index in [9.17, 15) is 19.6 Å². The predicted molar refractivity (Wildman–Crippen MR) is 148 cm³/mol. The molecule has 0 unspecified atom stereocenters. The van der Waals surface area contributed by atoms with Crippen molar-refractivity contribution in [3.63, 3.8) is 0 Å². The lowest BCUT2D eigenvalue weighted by molar-refractivity contribution is -0.239. The molecule has 1 aromatic heterocycles. The second-order valence-corrected chi connectivity index (χ2v) is 9.82. The van der Waals surface area contributed by atoms with Gasteiger partial charge in [-0.2, -0.15) is 5.26 Å². The zero-order chi connectivity index (χ0) is 29.0. The summed E-state index contributed by atoms with van der Waals surface area (Å²) in [6.07, 6.45) is -4.72. The van der Waals surface area contributed by atoms with Gasteiger partial charge in [0.1, 0.15) is 10.7 Å². The van der Waals surface area contributed by atoms with Crippen LogP contribution in [0.3, 0.4) is 0 Å². The molecule has 4 atom stereocenters. The van der Waals surface area contributed by atoms with Crippen LogP contribution in [0.15, 0.2) is 60.7 Å². The van der Waals surface area contributed by atoms with Gasteiger partial charge >= 0.3 is 17.9 Å². The fraction of sp³-hybridized carbons (Fsp3) is 0.276. The van der Waals surface area contributed by atoms with E-state index >= 15 is 0 Å². The highest BCUT2D eigenvalue weighted by molar-refractivity contribution is 7.71. The van der Waals surface area contributed by atoms with E-state index in [4.69, 9.17) is 42.8 Å². The van der Waals surface area contributed by atoms with Gasteiger partial charge in [-0.05, 0) is 29.3 Å². The molecule has 9 nitrogen and oxygen atoms in total. The summed E-state index contributed by atoms with van der Waals surface area (Å²) in [6.45, 7) is 3.38. The molecule has 3 aromatic rings. The minimum atomic E-state index is -1.29. The number of benzene rings is 2. The summed E-state index contributed by atoms with van der Waals surface area (Å²) in [5, 5.41) is 10.7. The van der Waals surface area contributed by atoms with Crippen LogP contribution in [0, 0.1) is 16.0 Å². The van der Waals surface area contributed by atoms with E-state index in [-0.39, 0.29) is 16.8 Å². The molecule has 0 aliphatic carbocycles. The third-order valence-electron chi connectivity index (χ3n) is 6.16. The number of hydrogen-bond acceptors (Lipinski definition) is 9. The average Bonchev–Trinajstić information content (AvgIpc) is 2.90. The van der Waals surface area contributed by atoms with Crippen molar-refractivity contribution < 1.29 is 33.3 Å². The normalized spacial score (nSPS) is 20.2. The SMILES string of the molecule is CC(=O)O[C@@H]1[C@H](OC(C)=O)[C@H](OC(C)=O)CO[C@@H]1n1c(-c2ccc(Cl)cc2)cc(-c2ccccc2)c(C#N)c1=S. The molecule has 40 heavy (non-hydrogen) atoms. The number of carbonyl (C=O) groups excluding carboxylic acids is 3. The zero-order valence-electron chi connectivity index (χ0n) is 21.8. The van der Waals surface area contributed by atoms with Crippen LogP contribution in [0.5, 0.6) is 0 Å². The second kappa shape index (κ2) is 12.4. The smallest absolute Gasteiger partial charge is 0.303 e. The van der Waals surface area contributed by atoms with E-state index in [1.165, 1.54) is 20.8 Å². The van der Waals surface area contributed by atoms with Crippen molar-refractivity contribution in [3.8, 4) is 28.5 Å². The molecule has 0 spiro atoms. The van der Waals surface area contributed by atoms with Crippen LogP contribution in [-0.4, -0.2) is 47.4 Å². The van der Waals surface area contributed by atoms with Crippen LogP contribution < -0.4 is 0 Å². The standard InChI is InChI=1S/C29H25ClN2O7S/c1-16(33)37-25-15-36-28(27(39-18(3)35)26(25)38-17(2)34)32-24(20-9-11-21(30)12-10-20)13-22(23(14-31)29(32)40)19-7-5-4-6-8-19/h4-13,25-28H,15H2,1-3H3/t25-,26-,27-,28+/m1/s1. The summed E-state index contributed by atoms with van der Waals surface area (Å²) < 4.78 is 24.3. The summed E-state index contributed by atoms with van der Waals surface area (Å²) in [5.41, 5.74) is 2.74. The first-order valence-electron chi connectivity index (χ1n) is 12.2. The van der Waals surface area contributed by atoms with E-state index < -0.39 is 42.4 Å². The van der Waals surface area contributed by atoms with Gasteiger partial charge in [-0.25, -0.2) is 0 Å². The van der Waals surface area contributed by atoms with E-state index in [0.717, 1.165) is 5.56 Å². The number of nitrogens with zero attached hydrogens (tertiary/aromatic N) is 2. The second-order valence-electron chi connectivity index (χ2n) is 9.00. The Hall–Kier alpha value is -4.04. The predicted octanol–water partition coefficient (Wildman–Crippen LogP) is 5.40. The first kappa shape index (κ1) is 29.0. The van der Waals surface area contributed by atoms with E-state index in [1.54, 1.807) is 34.9 Å². The fourth-order valence-electron chi connectivity index (χ4n) is 4.62. The molecular weight excluding hydrogens is 556 g/mol. The Morgan fingerprint density at radius 3 is 2.10 bits per heavy atom. The van der Waals surface area contributed by atoms with Crippen molar-refractivity contribution in [1.29, 1.82) is 5.26 Å². The molecule has 206 valence electrons. The summed E-state index contributed by atoms with van der Waals surface area (Å²) in [4.78, 5) is 36.1. The molecule has 0 saturated carbocycles. The summed E-state index contributed by atoms with van der Waals surface area (Å²) in [6, 6.07) is 20.2. The van der Waals surface area contributed by atoms with Crippen molar-refractivity contribution in [2.24, 2.45) is 0 Å². The minimum Gasteiger partial charge on any atom is -0.456 e. The minimum absolute atomic E-state index is 0.100. The first-order chi connectivity index (χ1) is 19.1. The van der Waals surface area contributed by atoms with Gasteiger partial charge < -0.3 is 23.5 Å². The maximum Gasteiger partial charge on any atom is 0.303 e. The number of ether oxygens (including phenoxy) is 4. The first-order valence-corrected chi connectivity index (χ1v) is 13.0. The molecule has 0 N–H and O–H groups in total. The molecule has 0 radical (unpaired) electrons. The van der Waals surface area contributed by atoms with E-state index in [2.05, 4.69) is 6.07 Å². The molecule has 11 heteroatoms. The third kappa shape index (κ3) is 6.23. The Balaban J connectivity index is 1.99. The maximum atomic E-state index is 12.3. The molecule has 1 fully saturated rings. The number of pyridine rings is 1. The Bertz CT molecular complexity index is 1530. The van der Waals surface area contributed by atoms with Crippen molar-refractivity contribution in [3.05, 3.63) is 75.9 Å². The highest BCUT2D eigenvalue weighted by Gasteiger charge is 2.48. The Labute approximate surface area is 240 Å². The maximum absolute atomic E-state index is 12.3. The van der Waals surface area contributed by atoms with Crippen LogP contribution in [-0.2, 0) is 33.3 Å². The Kier molecular flexibility index (Phi) is 9.00. The Morgan fingerprint density at radius 2 is 1.52 bits per heavy atom. The molecule has 1 aliphatic heterocycles. The van der Waals surface area contributed by atoms with Crippen molar-refractivity contribution in [2.75, 3.05) is 6.61 Å². The lowest BCUT2D eigenvalue weighted by Crippen LogP contribution is -2.55. The quantitative estimate of drug-likeness (QED) is 0.214. The average molecular weight is 581 g/mol. The van der Waals surface area contributed by atoms with Gasteiger partial charge in [0.05, 0.1) is 17.9 Å². The molecule has 1 aliphatic rings. The van der Waals surface area contributed by atoms with Crippen LogP contribution in [0.2, 0.25) is 5.02 Å². The van der Waals surface area contributed by atoms with Gasteiger partial charge in [0.25, 0.3) is 0 Å². The fourth-order valence-corrected chi connectivity index (χ4v) is 5.10. The van der Waals surface area contributed by atoms with Crippen molar-refractivity contribution in [1.82, 2.24) is 4.57 Å². The molecule has 0 amide bonds. The van der Waals surface area contributed by atoms with Crippen LogP contribution in [0.25, 0.3) is 22.4 Å². The summed E-state index contributed by atoms with van der Waals surface area (Å²) in [7, 11) is 0. The number of carbonyl (C=O) groups is 3. The largest absolute Gasteiger partial charge is 0.456 e. The summed E-state index contributed by atoms with van der Waals surface area (Å²) >= 11 is 12.0. The van der Waals surface area contributed by atoms with Crippen molar-refractivity contribution >= 4 is 41.7 Å². The van der Waals surface area contributed by atoms with E-state index in [0.29, 0.717) is 21.8 Å². The summed E-state index contributed by atoms with van der Waals surface area (Å²) in [5.74, 6) is -2.01. The van der Waals surface area contributed by atoms with Gasteiger partial charge in [0.2, 0.25) is 0 Å². The van der Waals surface area contributed by atoms with Gasteiger partial charge in [0, 0.05) is 31.4 Å². The zero-order valence-corrected chi connectivity index (χ0v) is 23.4. The highest BCUT2D eigenvalue weighted by atomic mass is 35.5. The number of hydrogen-bond donors (Lipinski definition) is 0. The number of halogens is 1. The van der Waals surface area contributed by atoms with Gasteiger partial charge in [-0.15, -0.1) is 0 Å². The lowest BCUT2D eigenvalue weighted by atomic mass is 9.97. The van der Waals surface area contributed by atoms with Crippen LogP contribution in [0.4, 0.5) is 0 Å². The molecule has 2 heterocycles. The number of nitriles is 1. The number of esters is 3. The van der Waals surface area contributed by atoms with Gasteiger partial charge in [0.15, 0.2) is 24.5 Å². The molecule has 1 saturated heterocycles. The number of aromatic nitrogens is 1. The Morgan fingerprint density at radius 1 is 0.925 bits per heavy atom. The molecule has 2 aromatic carbocycles. The number of rotatable bonds is 6. The molecule has 0 bridgehead atoms. The molecule has 4 rings (SSSR count). The van der Waals surface area contributed by atoms with Crippen molar-refractivity contribution in [2.45, 2.75) is 45.3 Å². The van der Waals surface area contributed by atoms with Gasteiger partial charge in [-0.1, -0.05) is 66.3 Å². The third-order valence-corrected chi connectivity index (χ3v) is 6.81. The topological polar surface area (TPSA) is 117 Å². The molecular formula is C29H25ClN2O7S. The van der Waals surface area contributed by atoms with Gasteiger partial charge in [-0.3, -0.25) is 14.4 Å². The van der Waals surface area contributed by atoms with Crippen LogP contribution in [0.1, 0.15) is 32.6 Å². The van der Waals surface area contributed by atoms with E-state index in [1.807, 2.05) is 30.3 Å². The van der Waals surface area contributed by atoms with Crippen LogP contribution >= 0.6 is 23.8 Å². The lowest BCUT2D eigenvalue weighted by Gasteiger charge is -2.42.